The van der Waals surface area contributed by atoms with Crippen LogP contribution in [-0.2, 0) is 6.42 Å². The lowest BCUT2D eigenvalue weighted by molar-refractivity contribution is 0.553. The number of hydrogen-bond acceptors (Lipinski definition) is 3. The fraction of sp³-hybridized carbons (Fsp3) is 0.381. The highest BCUT2D eigenvalue weighted by Crippen LogP contribution is 2.19. The summed E-state index contributed by atoms with van der Waals surface area (Å²) in [6.07, 6.45) is 7.33. The van der Waals surface area contributed by atoms with Gasteiger partial charge < -0.3 is 0 Å². The molecule has 3 aromatic rings. The van der Waals surface area contributed by atoms with E-state index >= 15 is 0 Å². The molecular weight excluding hydrogens is 308 g/mol. The fourth-order valence-electron chi connectivity index (χ4n) is 3.00. The summed E-state index contributed by atoms with van der Waals surface area (Å²) in [4.78, 5) is 1.62. The van der Waals surface area contributed by atoms with Crippen LogP contribution in [0.2, 0.25) is 0 Å². The SMILES string of the molecule is CC(CCCCCCc1ccccc1)c1nnn(-c2ccccc2)n1. The molecule has 0 saturated heterocycles. The minimum absolute atomic E-state index is 0.353. The summed E-state index contributed by atoms with van der Waals surface area (Å²) in [5.74, 6) is 1.19. The first-order valence-electron chi connectivity index (χ1n) is 9.22. The summed E-state index contributed by atoms with van der Waals surface area (Å²) in [6.45, 7) is 2.19. The predicted octanol–water partition coefficient (Wildman–Crippen LogP) is 4.96. The van der Waals surface area contributed by atoms with Gasteiger partial charge in [-0.2, -0.15) is 0 Å². The number of nitrogens with zero attached hydrogens (tertiary/aromatic N) is 4. The molecule has 0 aliphatic carbocycles. The first-order chi connectivity index (χ1) is 12.3. The molecule has 0 spiro atoms. The van der Waals surface area contributed by atoms with Gasteiger partial charge in [0.2, 0.25) is 0 Å². The van der Waals surface area contributed by atoms with Crippen LogP contribution in [0, 0.1) is 0 Å². The van der Waals surface area contributed by atoms with E-state index in [1.807, 2.05) is 30.3 Å². The molecule has 1 unspecified atom stereocenters. The second-order valence-electron chi connectivity index (χ2n) is 6.61. The Morgan fingerprint density at radius 2 is 1.52 bits per heavy atom. The van der Waals surface area contributed by atoms with E-state index in [4.69, 9.17) is 0 Å². The lowest BCUT2D eigenvalue weighted by Crippen LogP contribution is -2.00. The molecule has 1 atom stereocenters. The van der Waals surface area contributed by atoms with Crippen LogP contribution in [0.25, 0.3) is 5.69 Å². The molecule has 0 aliphatic heterocycles. The lowest BCUT2D eigenvalue weighted by atomic mass is 10.0. The van der Waals surface area contributed by atoms with E-state index in [1.54, 1.807) is 4.80 Å². The summed E-state index contributed by atoms with van der Waals surface area (Å²) in [5.41, 5.74) is 2.40. The molecule has 0 saturated carbocycles. The van der Waals surface area contributed by atoms with Crippen LogP contribution in [0.3, 0.4) is 0 Å². The average Bonchev–Trinajstić information content (AvgIpc) is 3.16. The van der Waals surface area contributed by atoms with Gasteiger partial charge in [0, 0.05) is 5.92 Å². The monoisotopic (exact) mass is 334 g/mol. The summed E-state index contributed by atoms with van der Waals surface area (Å²) in [5, 5.41) is 12.9. The van der Waals surface area contributed by atoms with Crippen molar-refractivity contribution in [3.05, 3.63) is 72.1 Å². The number of aromatic nitrogens is 4. The molecule has 0 fully saturated rings. The highest BCUT2D eigenvalue weighted by molar-refractivity contribution is 5.28. The molecule has 0 bridgehead atoms. The Kier molecular flexibility index (Phi) is 6.32. The van der Waals surface area contributed by atoms with Crippen LogP contribution in [0.4, 0.5) is 0 Å². The normalized spacial score (nSPS) is 12.2. The van der Waals surface area contributed by atoms with E-state index in [0.717, 1.165) is 17.9 Å². The standard InChI is InChI=1S/C21H26N4/c1-18(12-6-2-3-7-13-19-14-8-4-9-15-19)21-22-24-25(23-21)20-16-10-5-11-17-20/h4-5,8-11,14-18H,2-3,6-7,12-13H2,1H3. The maximum atomic E-state index is 4.53. The number of hydrogen-bond donors (Lipinski definition) is 0. The average molecular weight is 334 g/mol. The molecule has 2 aromatic carbocycles. The van der Waals surface area contributed by atoms with Gasteiger partial charge in [-0.15, -0.1) is 15.0 Å². The third-order valence-corrected chi connectivity index (χ3v) is 4.55. The van der Waals surface area contributed by atoms with Crippen LogP contribution >= 0.6 is 0 Å². The fourth-order valence-corrected chi connectivity index (χ4v) is 3.00. The summed E-state index contributed by atoms with van der Waals surface area (Å²) in [6, 6.07) is 20.7. The van der Waals surface area contributed by atoms with E-state index in [9.17, 15) is 0 Å². The molecular formula is C21H26N4. The zero-order valence-electron chi connectivity index (χ0n) is 14.9. The first kappa shape index (κ1) is 17.3. The van der Waals surface area contributed by atoms with E-state index in [1.165, 1.54) is 37.7 Å². The van der Waals surface area contributed by atoms with Crippen LogP contribution in [0.1, 0.15) is 56.3 Å². The molecule has 130 valence electrons. The zero-order chi connectivity index (χ0) is 17.3. The van der Waals surface area contributed by atoms with Gasteiger partial charge in [-0.25, -0.2) is 0 Å². The summed E-state index contributed by atoms with van der Waals surface area (Å²) in [7, 11) is 0. The van der Waals surface area contributed by atoms with Gasteiger partial charge in [0.15, 0.2) is 5.82 Å². The van der Waals surface area contributed by atoms with Crippen LogP contribution in [0.5, 0.6) is 0 Å². The van der Waals surface area contributed by atoms with Gasteiger partial charge in [-0.1, -0.05) is 74.7 Å². The molecule has 0 aliphatic rings. The molecule has 0 amide bonds. The molecule has 4 nitrogen and oxygen atoms in total. The minimum atomic E-state index is 0.353. The first-order valence-corrected chi connectivity index (χ1v) is 9.22. The van der Waals surface area contributed by atoms with Gasteiger partial charge in [-0.05, 0) is 42.2 Å². The second-order valence-corrected chi connectivity index (χ2v) is 6.61. The second kappa shape index (κ2) is 9.11. The van der Waals surface area contributed by atoms with Gasteiger partial charge in [0.25, 0.3) is 0 Å². The zero-order valence-corrected chi connectivity index (χ0v) is 14.9. The van der Waals surface area contributed by atoms with Crippen molar-refractivity contribution in [2.45, 2.75) is 51.4 Å². The number of tetrazole rings is 1. The highest BCUT2D eigenvalue weighted by Gasteiger charge is 2.12. The molecule has 0 radical (unpaired) electrons. The molecule has 0 N–H and O–H groups in total. The van der Waals surface area contributed by atoms with Crippen molar-refractivity contribution in [2.75, 3.05) is 0 Å². The van der Waals surface area contributed by atoms with Crippen molar-refractivity contribution in [1.29, 1.82) is 0 Å². The molecule has 1 heterocycles. The Labute approximate surface area is 149 Å². The van der Waals surface area contributed by atoms with E-state index in [-0.39, 0.29) is 0 Å². The molecule has 3 rings (SSSR count). The van der Waals surface area contributed by atoms with Crippen molar-refractivity contribution >= 4 is 0 Å². The quantitative estimate of drug-likeness (QED) is 0.520. The van der Waals surface area contributed by atoms with Crippen molar-refractivity contribution in [3.8, 4) is 5.69 Å². The van der Waals surface area contributed by atoms with Crippen molar-refractivity contribution in [3.63, 3.8) is 0 Å². The number of benzene rings is 2. The minimum Gasteiger partial charge on any atom is -0.131 e. The van der Waals surface area contributed by atoms with Gasteiger partial charge in [0.05, 0.1) is 5.69 Å². The van der Waals surface area contributed by atoms with E-state index < -0.39 is 0 Å². The Hall–Kier alpha value is -2.49. The maximum Gasteiger partial charge on any atom is 0.178 e. The molecule has 1 aromatic heterocycles. The number of unbranched alkanes of at least 4 members (excludes halogenated alkanes) is 3. The Morgan fingerprint density at radius 1 is 0.840 bits per heavy atom. The van der Waals surface area contributed by atoms with Gasteiger partial charge >= 0.3 is 0 Å². The van der Waals surface area contributed by atoms with Crippen molar-refractivity contribution in [1.82, 2.24) is 20.2 Å². The van der Waals surface area contributed by atoms with Gasteiger partial charge in [-0.3, -0.25) is 0 Å². The maximum absolute atomic E-state index is 4.53. The summed E-state index contributed by atoms with van der Waals surface area (Å²) >= 11 is 0. The number of para-hydroxylation sites is 1. The van der Waals surface area contributed by atoms with Crippen LogP contribution in [-0.4, -0.2) is 20.2 Å². The Morgan fingerprint density at radius 3 is 2.28 bits per heavy atom. The smallest absolute Gasteiger partial charge is 0.131 e. The third kappa shape index (κ3) is 5.24. The van der Waals surface area contributed by atoms with E-state index in [0.29, 0.717) is 5.92 Å². The number of rotatable bonds is 9. The lowest BCUT2D eigenvalue weighted by Gasteiger charge is -2.06. The summed E-state index contributed by atoms with van der Waals surface area (Å²) < 4.78 is 0. The predicted molar refractivity (Wildman–Crippen MR) is 101 cm³/mol. The third-order valence-electron chi connectivity index (χ3n) is 4.55. The number of aryl methyl sites for hydroxylation is 1. The van der Waals surface area contributed by atoms with Crippen LogP contribution in [0.15, 0.2) is 60.7 Å². The topological polar surface area (TPSA) is 43.6 Å². The highest BCUT2D eigenvalue weighted by atomic mass is 15.6. The largest absolute Gasteiger partial charge is 0.178 e. The van der Waals surface area contributed by atoms with E-state index in [2.05, 4.69) is 52.7 Å². The Balaban J connectivity index is 1.37. The molecule has 25 heavy (non-hydrogen) atoms. The van der Waals surface area contributed by atoms with Gasteiger partial charge in [0.1, 0.15) is 0 Å². The molecule has 4 heteroatoms. The Bertz CT molecular complexity index is 737. The van der Waals surface area contributed by atoms with Crippen molar-refractivity contribution in [2.24, 2.45) is 0 Å². The van der Waals surface area contributed by atoms with Crippen LogP contribution < -0.4 is 0 Å². The van der Waals surface area contributed by atoms with Crippen molar-refractivity contribution < 1.29 is 0 Å².